The predicted molar refractivity (Wildman–Crippen MR) is 50.5 cm³/mol. The fourth-order valence-electron chi connectivity index (χ4n) is 1.83. The molecule has 0 aliphatic carbocycles. The molecule has 0 saturated heterocycles. The van der Waals surface area contributed by atoms with Gasteiger partial charge in [0.15, 0.2) is 0 Å². The van der Waals surface area contributed by atoms with E-state index in [1.165, 1.54) is 11.1 Å². The lowest BCUT2D eigenvalue weighted by Crippen LogP contribution is -2.09. The van der Waals surface area contributed by atoms with Gasteiger partial charge in [-0.3, -0.25) is 0 Å². The second-order valence-corrected chi connectivity index (χ2v) is 3.66. The Bertz CT molecular complexity index is 318. The molecule has 64 valence electrons. The number of anilines is 1. The minimum atomic E-state index is 0.549. The standard InChI is InChI=1S/C10H14N2/c1-6-4-7(2)11-10-9(6)5-8(3)12-10/h4,8H,5H2,1-3H3,(H,11,12). The molecule has 2 heterocycles. The molecule has 1 aromatic rings. The van der Waals surface area contributed by atoms with Crippen LogP contribution < -0.4 is 5.32 Å². The lowest BCUT2D eigenvalue weighted by Gasteiger charge is -2.03. The number of rotatable bonds is 0. The summed E-state index contributed by atoms with van der Waals surface area (Å²) in [6, 6.07) is 2.70. The Kier molecular flexibility index (Phi) is 1.56. The first-order chi connectivity index (χ1) is 5.66. The minimum absolute atomic E-state index is 0.549. The van der Waals surface area contributed by atoms with Gasteiger partial charge in [0.25, 0.3) is 0 Å². The van der Waals surface area contributed by atoms with E-state index in [1.54, 1.807) is 0 Å². The van der Waals surface area contributed by atoms with Gasteiger partial charge in [0.1, 0.15) is 5.82 Å². The highest BCUT2D eigenvalue weighted by molar-refractivity contribution is 5.54. The van der Waals surface area contributed by atoms with Gasteiger partial charge in [-0.25, -0.2) is 4.98 Å². The molecular formula is C10H14N2. The van der Waals surface area contributed by atoms with E-state index in [-0.39, 0.29) is 0 Å². The Balaban J connectivity index is 2.52. The normalized spacial score (nSPS) is 20.4. The van der Waals surface area contributed by atoms with Crippen LogP contribution in [0.5, 0.6) is 0 Å². The van der Waals surface area contributed by atoms with Gasteiger partial charge in [0.2, 0.25) is 0 Å². The summed E-state index contributed by atoms with van der Waals surface area (Å²) < 4.78 is 0. The second kappa shape index (κ2) is 2.47. The molecule has 0 radical (unpaired) electrons. The summed E-state index contributed by atoms with van der Waals surface area (Å²) in [6.07, 6.45) is 1.12. The van der Waals surface area contributed by atoms with Crippen LogP contribution in [0.25, 0.3) is 0 Å². The molecule has 0 fully saturated rings. The Labute approximate surface area is 73.0 Å². The van der Waals surface area contributed by atoms with Crippen LogP contribution in [0.15, 0.2) is 6.07 Å². The van der Waals surface area contributed by atoms with Crippen LogP contribution in [-0.2, 0) is 6.42 Å². The molecule has 1 aromatic heterocycles. The average molecular weight is 162 g/mol. The zero-order valence-corrected chi connectivity index (χ0v) is 7.81. The van der Waals surface area contributed by atoms with Gasteiger partial charge < -0.3 is 5.32 Å². The van der Waals surface area contributed by atoms with Crippen molar-refractivity contribution >= 4 is 5.82 Å². The van der Waals surface area contributed by atoms with Crippen LogP contribution in [0.4, 0.5) is 5.82 Å². The van der Waals surface area contributed by atoms with Crippen molar-refractivity contribution in [2.45, 2.75) is 33.2 Å². The first-order valence-electron chi connectivity index (χ1n) is 4.40. The van der Waals surface area contributed by atoms with Crippen molar-refractivity contribution in [3.63, 3.8) is 0 Å². The molecule has 12 heavy (non-hydrogen) atoms. The van der Waals surface area contributed by atoms with Crippen molar-refractivity contribution in [2.24, 2.45) is 0 Å². The predicted octanol–water partition coefficient (Wildman–Crippen LogP) is 2.05. The van der Waals surface area contributed by atoms with Crippen molar-refractivity contribution in [3.05, 3.63) is 22.9 Å². The molecule has 1 atom stereocenters. The third kappa shape index (κ3) is 1.07. The summed E-state index contributed by atoms with van der Waals surface area (Å²) in [7, 11) is 0. The van der Waals surface area contributed by atoms with E-state index in [0.717, 1.165) is 17.9 Å². The third-order valence-corrected chi connectivity index (χ3v) is 2.37. The molecule has 0 bridgehead atoms. The van der Waals surface area contributed by atoms with Gasteiger partial charge in [0, 0.05) is 11.7 Å². The molecule has 0 aromatic carbocycles. The van der Waals surface area contributed by atoms with Crippen LogP contribution in [0.2, 0.25) is 0 Å². The van der Waals surface area contributed by atoms with E-state index in [0.29, 0.717) is 6.04 Å². The van der Waals surface area contributed by atoms with Gasteiger partial charge in [0.05, 0.1) is 0 Å². The van der Waals surface area contributed by atoms with Crippen LogP contribution >= 0.6 is 0 Å². The number of nitrogens with zero attached hydrogens (tertiary/aromatic N) is 1. The SMILES string of the molecule is Cc1cc(C)c2c(n1)NC(C)C2. The van der Waals surface area contributed by atoms with Crippen LogP contribution in [0.3, 0.4) is 0 Å². The maximum absolute atomic E-state index is 4.45. The molecule has 2 nitrogen and oxygen atoms in total. The zero-order chi connectivity index (χ0) is 8.72. The maximum Gasteiger partial charge on any atom is 0.129 e. The highest BCUT2D eigenvalue weighted by atomic mass is 15.0. The van der Waals surface area contributed by atoms with Crippen molar-refractivity contribution in [1.29, 1.82) is 0 Å². The number of fused-ring (bicyclic) bond motifs is 1. The number of hydrogen-bond donors (Lipinski definition) is 1. The van der Waals surface area contributed by atoms with Gasteiger partial charge in [-0.05, 0) is 44.4 Å². The first-order valence-corrected chi connectivity index (χ1v) is 4.40. The number of hydrogen-bond acceptors (Lipinski definition) is 2. The second-order valence-electron chi connectivity index (χ2n) is 3.66. The summed E-state index contributed by atoms with van der Waals surface area (Å²) in [6.45, 7) is 6.39. The van der Waals surface area contributed by atoms with E-state index in [2.05, 4.69) is 30.2 Å². The number of aromatic nitrogens is 1. The third-order valence-electron chi connectivity index (χ3n) is 2.37. The Morgan fingerprint density at radius 1 is 1.50 bits per heavy atom. The highest BCUT2D eigenvalue weighted by Crippen LogP contribution is 2.26. The molecule has 1 aliphatic heterocycles. The molecule has 2 rings (SSSR count). The molecule has 1 unspecified atom stereocenters. The highest BCUT2D eigenvalue weighted by Gasteiger charge is 2.19. The molecule has 0 saturated carbocycles. The zero-order valence-electron chi connectivity index (χ0n) is 7.81. The maximum atomic E-state index is 4.45. The van der Waals surface area contributed by atoms with Crippen LogP contribution in [0, 0.1) is 13.8 Å². The van der Waals surface area contributed by atoms with E-state index in [9.17, 15) is 0 Å². The van der Waals surface area contributed by atoms with Crippen molar-refractivity contribution < 1.29 is 0 Å². The Morgan fingerprint density at radius 2 is 2.25 bits per heavy atom. The monoisotopic (exact) mass is 162 g/mol. The topological polar surface area (TPSA) is 24.9 Å². The summed E-state index contributed by atoms with van der Waals surface area (Å²) >= 11 is 0. The average Bonchev–Trinajstić information content (AvgIpc) is 2.29. The molecular weight excluding hydrogens is 148 g/mol. The van der Waals surface area contributed by atoms with Gasteiger partial charge in [-0.2, -0.15) is 0 Å². The Hall–Kier alpha value is -1.05. The molecule has 1 N–H and O–H groups in total. The summed E-state index contributed by atoms with van der Waals surface area (Å²) in [4.78, 5) is 4.45. The van der Waals surface area contributed by atoms with E-state index in [4.69, 9.17) is 0 Å². The first kappa shape index (κ1) is 7.59. The van der Waals surface area contributed by atoms with Crippen LogP contribution in [0.1, 0.15) is 23.7 Å². The van der Waals surface area contributed by atoms with E-state index in [1.807, 2.05) is 6.92 Å². The number of aryl methyl sites for hydroxylation is 2. The minimum Gasteiger partial charge on any atom is -0.367 e. The Morgan fingerprint density at radius 3 is 3.00 bits per heavy atom. The molecule has 1 aliphatic rings. The van der Waals surface area contributed by atoms with Crippen molar-refractivity contribution in [3.8, 4) is 0 Å². The smallest absolute Gasteiger partial charge is 0.129 e. The fourth-order valence-corrected chi connectivity index (χ4v) is 1.83. The van der Waals surface area contributed by atoms with Crippen molar-refractivity contribution in [2.75, 3.05) is 5.32 Å². The fraction of sp³-hybridized carbons (Fsp3) is 0.500. The largest absolute Gasteiger partial charge is 0.367 e. The van der Waals surface area contributed by atoms with Crippen molar-refractivity contribution in [1.82, 2.24) is 4.98 Å². The lowest BCUT2D eigenvalue weighted by molar-refractivity contribution is 0.835. The number of nitrogens with one attached hydrogen (secondary N) is 1. The van der Waals surface area contributed by atoms with E-state index >= 15 is 0 Å². The van der Waals surface area contributed by atoms with Crippen LogP contribution in [-0.4, -0.2) is 11.0 Å². The molecule has 2 heteroatoms. The lowest BCUT2D eigenvalue weighted by atomic mass is 10.1. The molecule has 0 spiro atoms. The summed E-state index contributed by atoms with van der Waals surface area (Å²) in [5.41, 5.74) is 3.87. The quantitative estimate of drug-likeness (QED) is 0.631. The molecule has 0 amide bonds. The van der Waals surface area contributed by atoms with E-state index < -0.39 is 0 Å². The summed E-state index contributed by atoms with van der Waals surface area (Å²) in [5, 5.41) is 3.37. The van der Waals surface area contributed by atoms with Gasteiger partial charge in [-0.1, -0.05) is 0 Å². The van der Waals surface area contributed by atoms with Gasteiger partial charge >= 0.3 is 0 Å². The number of pyridine rings is 1. The van der Waals surface area contributed by atoms with Gasteiger partial charge in [-0.15, -0.1) is 0 Å². The summed E-state index contributed by atoms with van der Waals surface area (Å²) in [5.74, 6) is 1.10.